The van der Waals surface area contributed by atoms with Crippen molar-refractivity contribution in [2.45, 2.75) is 59.3 Å². The van der Waals surface area contributed by atoms with Crippen molar-refractivity contribution in [2.24, 2.45) is 11.3 Å². The van der Waals surface area contributed by atoms with Crippen molar-refractivity contribution in [3.05, 3.63) is 28.2 Å². The number of aryl methyl sites for hydroxylation is 1. The van der Waals surface area contributed by atoms with Gasteiger partial charge in [-0.15, -0.1) is 0 Å². The van der Waals surface area contributed by atoms with Gasteiger partial charge in [0.1, 0.15) is 0 Å². The lowest BCUT2D eigenvalue weighted by atomic mass is 9.77. The fraction of sp³-hybridized carbons (Fsp3) is 0.611. The minimum Gasteiger partial charge on any atom is -0.325 e. The van der Waals surface area contributed by atoms with E-state index in [1.54, 1.807) is 0 Å². The number of hydrogen-bond donors (Lipinski definition) is 1. The number of nitrogens with one attached hydrogen (secondary N) is 1. The van der Waals surface area contributed by atoms with Gasteiger partial charge in [-0.25, -0.2) is 0 Å². The molecular weight excluding hydrogens is 326 g/mol. The molecule has 2 rings (SSSR count). The van der Waals surface area contributed by atoms with Gasteiger partial charge in [0, 0.05) is 15.6 Å². The van der Waals surface area contributed by atoms with Crippen molar-refractivity contribution in [1.29, 1.82) is 0 Å². The predicted octanol–water partition coefficient (Wildman–Crippen LogP) is 5.56. The van der Waals surface area contributed by atoms with Crippen LogP contribution in [0.4, 0.5) is 5.69 Å². The van der Waals surface area contributed by atoms with E-state index in [1.165, 1.54) is 18.4 Å². The Hall–Kier alpha value is -0.830. The van der Waals surface area contributed by atoms with E-state index in [4.69, 9.17) is 0 Å². The van der Waals surface area contributed by atoms with Crippen LogP contribution in [0.2, 0.25) is 0 Å². The molecule has 1 aromatic carbocycles. The van der Waals surface area contributed by atoms with Crippen molar-refractivity contribution >= 4 is 27.5 Å². The first-order valence-corrected chi connectivity index (χ1v) is 8.86. The van der Waals surface area contributed by atoms with Crippen LogP contribution in [0.15, 0.2) is 22.7 Å². The molecule has 3 heteroatoms. The standard InChI is InChI=1S/C18H26BrNO/c1-4-14-11-15(19)7-8-16(14)20-17(21)18(12-13(2)3)9-5-6-10-18/h7-8,11,13H,4-6,9-10,12H2,1-3H3,(H,20,21). The van der Waals surface area contributed by atoms with Gasteiger partial charge in [-0.3, -0.25) is 4.79 Å². The number of benzene rings is 1. The highest BCUT2D eigenvalue weighted by Gasteiger charge is 2.41. The average Bonchev–Trinajstić information content (AvgIpc) is 2.89. The van der Waals surface area contributed by atoms with E-state index >= 15 is 0 Å². The number of carbonyl (C=O) groups excluding carboxylic acids is 1. The van der Waals surface area contributed by atoms with Gasteiger partial charge in [0.2, 0.25) is 5.91 Å². The third-order valence-corrected chi connectivity index (χ3v) is 5.03. The summed E-state index contributed by atoms with van der Waals surface area (Å²) in [6.07, 6.45) is 6.36. The summed E-state index contributed by atoms with van der Waals surface area (Å²) in [5, 5.41) is 3.22. The Morgan fingerprint density at radius 3 is 2.57 bits per heavy atom. The van der Waals surface area contributed by atoms with Crippen LogP contribution < -0.4 is 5.32 Å². The number of anilines is 1. The minimum absolute atomic E-state index is 0.147. The quantitative estimate of drug-likeness (QED) is 0.739. The van der Waals surface area contributed by atoms with E-state index in [1.807, 2.05) is 12.1 Å². The number of carbonyl (C=O) groups is 1. The second-order valence-corrected chi connectivity index (χ2v) is 7.61. The molecule has 0 saturated heterocycles. The largest absolute Gasteiger partial charge is 0.325 e. The molecule has 0 spiro atoms. The molecule has 21 heavy (non-hydrogen) atoms. The predicted molar refractivity (Wildman–Crippen MR) is 92.5 cm³/mol. The molecule has 116 valence electrons. The van der Waals surface area contributed by atoms with Crippen LogP contribution in [-0.4, -0.2) is 5.91 Å². The minimum atomic E-state index is -0.147. The molecule has 0 heterocycles. The maximum atomic E-state index is 12.9. The lowest BCUT2D eigenvalue weighted by Gasteiger charge is -2.30. The third-order valence-electron chi connectivity index (χ3n) is 4.54. The summed E-state index contributed by atoms with van der Waals surface area (Å²) < 4.78 is 1.06. The van der Waals surface area contributed by atoms with Crippen LogP contribution in [0.25, 0.3) is 0 Å². The Kier molecular flexibility index (Phi) is 5.48. The van der Waals surface area contributed by atoms with E-state index in [9.17, 15) is 4.79 Å². The summed E-state index contributed by atoms with van der Waals surface area (Å²) in [4.78, 5) is 12.9. The molecule has 0 unspecified atom stereocenters. The molecule has 1 aromatic rings. The van der Waals surface area contributed by atoms with Gasteiger partial charge in [-0.05, 0) is 55.4 Å². The molecule has 0 aromatic heterocycles. The summed E-state index contributed by atoms with van der Waals surface area (Å²) in [6.45, 7) is 6.55. The van der Waals surface area contributed by atoms with E-state index in [-0.39, 0.29) is 11.3 Å². The van der Waals surface area contributed by atoms with E-state index < -0.39 is 0 Å². The zero-order valence-corrected chi connectivity index (χ0v) is 14.9. The monoisotopic (exact) mass is 351 g/mol. The average molecular weight is 352 g/mol. The van der Waals surface area contributed by atoms with Crippen LogP contribution in [0, 0.1) is 11.3 Å². The number of hydrogen-bond acceptors (Lipinski definition) is 1. The van der Waals surface area contributed by atoms with Gasteiger partial charge < -0.3 is 5.32 Å². The molecule has 1 amide bonds. The van der Waals surface area contributed by atoms with Crippen molar-refractivity contribution in [2.75, 3.05) is 5.32 Å². The summed E-state index contributed by atoms with van der Waals surface area (Å²) in [5.41, 5.74) is 2.02. The van der Waals surface area contributed by atoms with Gasteiger partial charge in [0.05, 0.1) is 0 Å². The fourth-order valence-electron chi connectivity index (χ4n) is 3.59. The normalized spacial score (nSPS) is 17.2. The van der Waals surface area contributed by atoms with Gasteiger partial charge in [0.15, 0.2) is 0 Å². The molecule has 0 bridgehead atoms. The maximum Gasteiger partial charge on any atom is 0.230 e. The SMILES string of the molecule is CCc1cc(Br)ccc1NC(=O)C1(CC(C)C)CCCC1. The van der Waals surface area contributed by atoms with Crippen LogP contribution in [0.5, 0.6) is 0 Å². The van der Waals surface area contributed by atoms with Crippen LogP contribution >= 0.6 is 15.9 Å². The molecule has 1 aliphatic rings. The molecule has 0 atom stereocenters. The topological polar surface area (TPSA) is 29.1 Å². The van der Waals surface area contributed by atoms with Crippen molar-refractivity contribution in [1.82, 2.24) is 0 Å². The Balaban J connectivity index is 2.19. The lowest BCUT2D eigenvalue weighted by molar-refractivity contribution is -0.126. The molecule has 1 N–H and O–H groups in total. The molecule has 2 nitrogen and oxygen atoms in total. The first kappa shape index (κ1) is 16.5. The molecule has 1 aliphatic carbocycles. The van der Waals surface area contributed by atoms with Gasteiger partial charge in [0.25, 0.3) is 0 Å². The summed E-state index contributed by atoms with van der Waals surface area (Å²) in [6, 6.07) is 6.11. The highest BCUT2D eigenvalue weighted by molar-refractivity contribution is 9.10. The van der Waals surface area contributed by atoms with Gasteiger partial charge in [-0.1, -0.05) is 49.5 Å². The van der Waals surface area contributed by atoms with Crippen molar-refractivity contribution in [3.8, 4) is 0 Å². The Morgan fingerprint density at radius 1 is 1.33 bits per heavy atom. The number of halogens is 1. The molecule has 0 aliphatic heterocycles. The Bertz CT molecular complexity index is 504. The third kappa shape index (κ3) is 3.88. The summed E-state index contributed by atoms with van der Waals surface area (Å²) in [7, 11) is 0. The zero-order valence-electron chi connectivity index (χ0n) is 13.3. The van der Waals surface area contributed by atoms with E-state index in [0.717, 1.165) is 35.8 Å². The zero-order chi connectivity index (χ0) is 15.5. The van der Waals surface area contributed by atoms with Crippen LogP contribution in [-0.2, 0) is 11.2 Å². The highest BCUT2D eigenvalue weighted by atomic mass is 79.9. The smallest absolute Gasteiger partial charge is 0.230 e. The van der Waals surface area contributed by atoms with Gasteiger partial charge in [-0.2, -0.15) is 0 Å². The first-order valence-electron chi connectivity index (χ1n) is 8.07. The molecule has 1 fully saturated rings. The lowest BCUT2D eigenvalue weighted by Crippen LogP contribution is -2.35. The highest BCUT2D eigenvalue weighted by Crippen LogP contribution is 2.44. The maximum absolute atomic E-state index is 12.9. The Labute approximate surface area is 136 Å². The first-order chi connectivity index (χ1) is 9.97. The fourth-order valence-corrected chi connectivity index (χ4v) is 4.00. The van der Waals surface area contributed by atoms with Crippen molar-refractivity contribution < 1.29 is 4.79 Å². The van der Waals surface area contributed by atoms with Crippen LogP contribution in [0.1, 0.15) is 58.4 Å². The summed E-state index contributed by atoms with van der Waals surface area (Å²) in [5.74, 6) is 0.787. The Morgan fingerprint density at radius 2 is 2.00 bits per heavy atom. The second kappa shape index (κ2) is 6.95. The van der Waals surface area contributed by atoms with Crippen LogP contribution in [0.3, 0.4) is 0 Å². The molecule has 0 radical (unpaired) electrons. The molecule has 1 saturated carbocycles. The van der Waals surface area contributed by atoms with E-state index in [2.05, 4.69) is 48.1 Å². The second-order valence-electron chi connectivity index (χ2n) is 6.69. The summed E-state index contributed by atoms with van der Waals surface area (Å²) >= 11 is 3.50. The van der Waals surface area contributed by atoms with Gasteiger partial charge >= 0.3 is 0 Å². The van der Waals surface area contributed by atoms with Crippen molar-refractivity contribution in [3.63, 3.8) is 0 Å². The molecular formula is C18H26BrNO. The van der Waals surface area contributed by atoms with E-state index in [0.29, 0.717) is 5.92 Å². The number of amides is 1. The number of rotatable bonds is 5.